The van der Waals surface area contributed by atoms with E-state index in [1.807, 2.05) is 43.2 Å². The van der Waals surface area contributed by atoms with Gasteiger partial charge in [-0.2, -0.15) is 0 Å². The molecule has 2 atom stereocenters. The molecule has 1 aliphatic rings. The highest BCUT2D eigenvalue weighted by molar-refractivity contribution is 5.70. The molecule has 0 saturated carbocycles. The van der Waals surface area contributed by atoms with E-state index in [0.29, 0.717) is 17.2 Å². The van der Waals surface area contributed by atoms with Crippen LogP contribution in [0.1, 0.15) is 38.3 Å². The summed E-state index contributed by atoms with van der Waals surface area (Å²) in [4.78, 5) is 4.37. The molecule has 0 spiro atoms. The minimum atomic E-state index is -0.449. The maximum absolute atomic E-state index is 15.0. The normalized spacial score (nSPS) is 16.8. The van der Waals surface area contributed by atoms with Crippen LogP contribution < -0.4 is 10.6 Å². The molecule has 4 nitrogen and oxygen atoms in total. The lowest BCUT2D eigenvalue weighted by atomic mass is 9.99. The van der Waals surface area contributed by atoms with Crippen molar-refractivity contribution in [1.82, 2.24) is 20.2 Å². The molecule has 6 heteroatoms. The van der Waals surface area contributed by atoms with E-state index < -0.39 is 11.6 Å². The zero-order valence-electron chi connectivity index (χ0n) is 17.4. The second-order valence-electron chi connectivity index (χ2n) is 7.86. The van der Waals surface area contributed by atoms with Gasteiger partial charge in [-0.1, -0.05) is 6.92 Å². The highest BCUT2D eigenvalue weighted by atomic mass is 19.1. The van der Waals surface area contributed by atoms with Crippen LogP contribution in [0.2, 0.25) is 0 Å². The van der Waals surface area contributed by atoms with Crippen LogP contribution in [-0.4, -0.2) is 15.6 Å². The minimum Gasteiger partial charge on any atom is -0.386 e. The van der Waals surface area contributed by atoms with E-state index in [-0.39, 0.29) is 11.6 Å². The van der Waals surface area contributed by atoms with Gasteiger partial charge in [0.25, 0.3) is 0 Å². The molecular weight excluding hydrogens is 382 g/mol. The SMILES string of the molecule is CCC1CC(NC(C)c2cc(F)c(-c3ccnc(-c4ccn(C)c4)c3)cc2F)=CN1. The number of nitrogens with one attached hydrogen (secondary N) is 2. The first kappa shape index (κ1) is 20.1. The van der Waals surface area contributed by atoms with Gasteiger partial charge in [0.05, 0.1) is 11.7 Å². The number of aromatic nitrogens is 2. The second kappa shape index (κ2) is 8.30. The maximum Gasteiger partial charge on any atom is 0.131 e. The van der Waals surface area contributed by atoms with Gasteiger partial charge in [-0.15, -0.1) is 0 Å². The summed E-state index contributed by atoms with van der Waals surface area (Å²) in [6, 6.07) is 8.06. The first-order valence-corrected chi connectivity index (χ1v) is 10.2. The van der Waals surface area contributed by atoms with Gasteiger partial charge in [-0.05, 0) is 49.2 Å². The Hall–Kier alpha value is -3.15. The first-order chi connectivity index (χ1) is 14.4. The molecule has 2 aromatic heterocycles. The molecule has 0 saturated heterocycles. The van der Waals surface area contributed by atoms with E-state index in [0.717, 1.165) is 29.8 Å². The van der Waals surface area contributed by atoms with Gasteiger partial charge in [-0.3, -0.25) is 4.98 Å². The number of rotatable bonds is 6. The fourth-order valence-corrected chi connectivity index (χ4v) is 3.85. The number of hydrogen-bond acceptors (Lipinski definition) is 3. The van der Waals surface area contributed by atoms with Crippen molar-refractivity contribution in [1.29, 1.82) is 0 Å². The zero-order valence-corrected chi connectivity index (χ0v) is 17.4. The van der Waals surface area contributed by atoms with Crippen LogP contribution >= 0.6 is 0 Å². The number of pyridine rings is 1. The van der Waals surface area contributed by atoms with E-state index >= 15 is 0 Å². The predicted molar refractivity (Wildman–Crippen MR) is 115 cm³/mol. The summed E-state index contributed by atoms with van der Waals surface area (Å²) in [7, 11) is 1.93. The van der Waals surface area contributed by atoms with Crippen molar-refractivity contribution in [3.63, 3.8) is 0 Å². The van der Waals surface area contributed by atoms with Gasteiger partial charge in [-0.25, -0.2) is 8.78 Å². The molecule has 1 aromatic carbocycles. The van der Waals surface area contributed by atoms with Crippen LogP contribution in [0.15, 0.2) is 60.8 Å². The van der Waals surface area contributed by atoms with Crippen molar-refractivity contribution in [3.05, 3.63) is 78.0 Å². The molecule has 0 fully saturated rings. The average Bonchev–Trinajstić information content (AvgIpc) is 3.38. The summed E-state index contributed by atoms with van der Waals surface area (Å²) in [5, 5.41) is 6.59. The van der Waals surface area contributed by atoms with E-state index in [4.69, 9.17) is 0 Å². The lowest BCUT2D eigenvalue weighted by Gasteiger charge is -2.18. The Kier molecular flexibility index (Phi) is 5.57. The van der Waals surface area contributed by atoms with Crippen molar-refractivity contribution in [2.75, 3.05) is 0 Å². The molecule has 3 heterocycles. The van der Waals surface area contributed by atoms with Gasteiger partial charge in [0.1, 0.15) is 11.6 Å². The summed E-state index contributed by atoms with van der Waals surface area (Å²) >= 11 is 0. The summed E-state index contributed by atoms with van der Waals surface area (Å²) in [5.74, 6) is -0.877. The smallest absolute Gasteiger partial charge is 0.131 e. The Morgan fingerprint density at radius 2 is 2.03 bits per heavy atom. The Morgan fingerprint density at radius 1 is 1.20 bits per heavy atom. The molecule has 1 aliphatic heterocycles. The van der Waals surface area contributed by atoms with Crippen LogP contribution in [0.25, 0.3) is 22.4 Å². The topological polar surface area (TPSA) is 41.9 Å². The molecule has 4 rings (SSSR count). The van der Waals surface area contributed by atoms with Crippen LogP contribution in [-0.2, 0) is 7.05 Å². The van der Waals surface area contributed by atoms with Crippen molar-refractivity contribution >= 4 is 0 Å². The summed E-state index contributed by atoms with van der Waals surface area (Å²) in [6.07, 6.45) is 9.29. The van der Waals surface area contributed by atoms with Crippen molar-refractivity contribution in [2.24, 2.45) is 7.05 Å². The number of halogens is 2. The number of aryl methyl sites for hydroxylation is 1. The minimum absolute atomic E-state index is 0.232. The number of nitrogens with zero attached hydrogens (tertiary/aromatic N) is 2. The molecule has 30 heavy (non-hydrogen) atoms. The Balaban J connectivity index is 1.59. The Labute approximate surface area is 175 Å². The standard InChI is InChI=1S/C24H26F2N4/c1-4-18-10-19(13-28-18)29-15(2)20-11-23(26)21(12-22(20)25)16-5-7-27-24(9-16)17-6-8-30(3)14-17/h5-9,11-15,18,28-29H,4,10H2,1-3H3. The molecule has 0 amide bonds. The Bertz CT molecular complexity index is 1090. The van der Waals surface area contributed by atoms with Crippen LogP contribution in [0.4, 0.5) is 8.78 Å². The first-order valence-electron chi connectivity index (χ1n) is 10.2. The summed E-state index contributed by atoms with van der Waals surface area (Å²) in [5.41, 5.74) is 3.81. The monoisotopic (exact) mass is 408 g/mol. The third kappa shape index (κ3) is 4.08. The number of benzene rings is 1. The van der Waals surface area contributed by atoms with Crippen LogP contribution in [0.3, 0.4) is 0 Å². The van der Waals surface area contributed by atoms with Gasteiger partial charge in [0.2, 0.25) is 0 Å². The van der Waals surface area contributed by atoms with Crippen molar-refractivity contribution in [2.45, 2.75) is 38.8 Å². The molecule has 0 bridgehead atoms. The summed E-state index contributed by atoms with van der Waals surface area (Å²) < 4.78 is 31.9. The van der Waals surface area contributed by atoms with Crippen LogP contribution in [0.5, 0.6) is 0 Å². The summed E-state index contributed by atoms with van der Waals surface area (Å²) in [6.45, 7) is 3.96. The molecule has 3 aromatic rings. The Morgan fingerprint density at radius 3 is 2.73 bits per heavy atom. The maximum atomic E-state index is 15.0. The highest BCUT2D eigenvalue weighted by Crippen LogP contribution is 2.31. The van der Waals surface area contributed by atoms with Gasteiger partial charge in [0.15, 0.2) is 0 Å². The predicted octanol–water partition coefficient (Wildman–Crippen LogP) is 5.30. The van der Waals surface area contributed by atoms with Gasteiger partial charge in [0, 0.05) is 66.7 Å². The molecule has 0 radical (unpaired) electrons. The second-order valence-corrected chi connectivity index (χ2v) is 7.86. The van der Waals surface area contributed by atoms with E-state index in [2.05, 4.69) is 22.5 Å². The van der Waals surface area contributed by atoms with E-state index in [1.54, 1.807) is 18.3 Å². The third-order valence-electron chi connectivity index (χ3n) is 5.61. The van der Waals surface area contributed by atoms with E-state index in [1.165, 1.54) is 12.1 Å². The molecule has 0 aliphatic carbocycles. The third-order valence-corrected chi connectivity index (χ3v) is 5.61. The highest BCUT2D eigenvalue weighted by Gasteiger charge is 2.20. The molecule has 2 N–H and O–H groups in total. The van der Waals surface area contributed by atoms with Crippen LogP contribution in [0, 0.1) is 11.6 Å². The van der Waals surface area contributed by atoms with E-state index in [9.17, 15) is 8.78 Å². The van der Waals surface area contributed by atoms with Gasteiger partial charge >= 0.3 is 0 Å². The number of hydrogen-bond donors (Lipinski definition) is 2. The molecule has 156 valence electrons. The zero-order chi connectivity index (χ0) is 21.3. The fourth-order valence-electron chi connectivity index (χ4n) is 3.85. The quantitative estimate of drug-likeness (QED) is 0.582. The molecular formula is C24H26F2N4. The lowest BCUT2D eigenvalue weighted by molar-refractivity contribution is 0.535. The fraction of sp³-hybridized carbons (Fsp3) is 0.292. The van der Waals surface area contributed by atoms with Crippen molar-refractivity contribution in [3.8, 4) is 22.4 Å². The molecule has 2 unspecified atom stereocenters. The average molecular weight is 408 g/mol. The van der Waals surface area contributed by atoms with Crippen molar-refractivity contribution < 1.29 is 8.78 Å². The van der Waals surface area contributed by atoms with Gasteiger partial charge < -0.3 is 15.2 Å². The lowest BCUT2D eigenvalue weighted by Crippen LogP contribution is -2.20. The largest absolute Gasteiger partial charge is 0.386 e.